The molecule has 1 aliphatic rings. The van der Waals surface area contributed by atoms with Crippen LogP contribution in [0.4, 0.5) is 4.79 Å². The maximum absolute atomic E-state index is 12.5. The van der Waals surface area contributed by atoms with E-state index in [1.165, 1.54) is 5.56 Å². The predicted octanol–water partition coefficient (Wildman–Crippen LogP) is -0.0959. The molecule has 1 amide bonds. The molecular weight excluding hydrogens is 558 g/mol. The molecule has 14 heteroatoms. The van der Waals surface area contributed by atoms with Crippen molar-refractivity contribution in [3.8, 4) is 0 Å². The van der Waals surface area contributed by atoms with Crippen LogP contribution in [-0.2, 0) is 39.7 Å². The first-order chi connectivity index (χ1) is 20.1. The molecule has 42 heavy (non-hydrogen) atoms. The quantitative estimate of drug-likeness (QED) is 0.0784. The molecule has 1 aromatic rings. The number of unbranched alkanes of at least 4 members (excludes halogenated alkanes) is 2. The van der Waals surface area contributed by atoms with Crippen molar-refractivity contribution in [3.05, 3.63) is 35.9 Å². The van der Waals surface area contributed by atoms with Crippen LogP contribution in [0, 0.1) is 0 Å². The van der Waals surface area contributed by atoms with Gasteiger partial charge in [0.15, 0.2) is 6.29 Å². The Morgan fingerprint density at radius 3 is 2.36 bits per heavy atom. The molecule has 6 N–H and O–H groups in total. The number of hydrogen-bond donors (Lipinski definition) is 6. The van der Waals surface area contributed by atoms with E-state index >= 15 is 0 Å². The number of carbonyl (C=O) groups excluding carboxylic acids is 3. The van der Waals surface area contributed by atoms with Gasteiger partial charge in [-0.05, 0) is 31.2 Å². The van der Waals surface area contributed by atoms with Gasteiger partial charge in [-0.3, -0.25) is 9.59 Å². The molecular formula is C28H43NO13. The van der Waals surface area contributed by atoms with Gasteiger partial charge in [-0.1, -0.05) is 43.7 Å². The number of rotatable bonds is 17. The topological polar surface area (TPSA) is 211 Å². The van der Waals surface area contributed by atoms with Crippen LogP contribution in [-0.4, -0.2) is 113 Å². The summed E-state index contributed by atoms with van der Waals surface area (Å²) in [6.45, 7) is 0.854. The van der Waals surface area contributed by atoms with Crippen molar-refractivity contribution in [2.75, 3.05) is 20.0 Å². The Balaban J connectivity index is 1.96. The van der Waals surface area contributed by atoms with Crippen LogP contribution in [0.2, 0.25) is 0 Å². The highest BCUT2D eigenvalue weighted by molar-refractivity contribution is 5.70. The van der Waals surface area contributed by atoms with Gasteiger partial charge >= 0.3 is 18.0 Å². The molecule has 238 valence electrons. The zero-order valence-electron chi connectivity index (χ0n) is 23.9. The Labute approximate surface area is 244 Å². The van der Waals surface area contributed by atoms with Crippen LogP contribution in [0.25, 0.3) is 0 Å². The summed E-state index contributed by atoms with van der Waals surface area (Å²) in [5, 5.41) is 53.0. The summed E-state index contributed by atoms with van der Waals surface area (Å²) in [7, 11) is 0. The molecule has 14 nitrogen and oxygen atoms in total. The molecule has 8 atom stereocenters. The first-order valence-electron chi connectivity index (χ1n) is 14.0. The average Bonchev–Trinajstić information content (AvgIpc) is 2.97. The van der Waals surface area contributed by atoms with Crippen molar-refractivity contribution in [2.24, 2.45) is 0 Å². The molecule has 1 aromatic carbocycles. The maximum Gasteiger partial charge on any atom is 0.410 e. The molecule has 1 saturated heterocycles. The number of nitrogens with one attached hydrogen (secondary N) is 1. The number of hydrogen-bond acceptors (Lipinski definition) is 13. The number of aryl methyl sites for hydroxylation is 1. The zero-order valence-corrected chi connectivity index (χ0v) is 23.9. The summed E-state index contributed by atoms with van der Waals surface area (Å²) in [6, 6.07) is 8.68. The molecule has 0 aliphatic carbocycles. The van der Waals surface area contributed by atoms with Crippen molar-refractivity contribution in [2.45, 2.75) is 101 Å². The first kappa shape index (κ1) is 35.3. The van der Waals surface area contributed by atoms with Crippen molar-refractivity contribution in [1.82, 2.24) is 5.32 Å². The van der Waals surface area contributed by atoms with E-state index in [-0.39, 0.29) is 12.8 Å². The van der Waals surface area contributed by atoms with Crippen molar-refractivity contribution < 1.29 is 63.6 Å². The molecule has 0 radical (unpaired) electrons. The zero-order chi connectivity index (χ0) is 31.1. The molecule has 1 fully saturated rings. The predicted molar refractivity (Wildman–Crippen MR) is 145 cm³/mol. The van der Waals surface area contributed by atoms with E-state index in [9.17, 15) is 39.9 Å². The molecule has 2 rings (SSSR count). The Kier molecular flexibility index (Phi) is 15.7. The highest BCUT2D eigenvalue weighted by atomic mass is 16.7. The van der Waals surface area contributed by atoms with Gasteiger partial charge in [0.05, 0.1) is 19.3 Å². The van der Waals surface area contributed by atoms with E-state index < -0.39 is 87.0 Å². The van der Waals surface area contributed by atoms with Gasteiger partial charge in [0.25, 0.3) is 0 Å². The van der Waals surface area contributed by atoms with E-state index in [2.05, 4.69) is 10.1 Å². The average molecular weight is 602 g/mol. The highest BCUT2D eigenvalue weighted by Gasteiger charge is 2.44. The standard InChI is InChI=1S/C28H43NO13/c1-3-20(41-22(32)13-9-5-8-12-18-10-6-4-7-11-18)23(33)19(29-28(37)40-16-39-17(2)31)15-38-27-26(36)25(35)24(34)21(14-30)42-27/h4,6-7,10-11,19-21,23-27,30,33-36H,3,5,8-9,12-16H2,1-2H3,(H,29,37)/t19-,20+,21?,23-,24-,25-,26?,27-/m0/s1. The van der Waals surface area contributed by atoms with Crippen LogP contribution in [0.3, 0.4) is 0 Å². The normalized spacial score (nSPS) is 24.2. The van der Waals surface area contributed by atoms with Gasteiger partial charge in [-0.25, -0.2) is 4.79 Å². The molecule has 1 aliphatic heterocycles. The summed E-state index contributed by atoms with van der Waals surface area (Å²) < 4.78 is 25.6. The van der Waals surface area contributed by atoms with E-state index in [4.69, 9.17) is 18.9 Å². The minimum atomic E-state index is -1.72. The SMILES string of the molecule is CC[C@@H](OC(=O)CCCCCc1ccccc1)[C@@H](O)[C@H](CO[C@H]1OC(CO)[C@H](O)[C@H](O)C1O)NC(=O)OCOC(C)=O. The fourth-order valence-corrected chi connectivity index (χ4v) is 4.29. The second-order valence-electron chi connectivity index (χ2n) is 9.94. The van der Waals surface area contributed by atoms with E-state index in [0.29, 0.717) is 6.42 Å². The number of aliphatic hydroxyl groups is 5. The van der Waals surface area contributed by atoms with Gasteiger partial charge in [-0.15, -0.1) is 0 Å². The lowest BCUT2D eigenvalue weighted by Crippen LogP contribution is -2.60. The summed E-state index contributed by atoms with van der Waals surface area (Å²) in [4.78, 5) is 35.8. The molecule has 0 spiro atoms. The van der Waals surface area contributed by atoms with Crippen LogP contribution < -0.4 is 5.32 Å². The fraction of sp³-hybridized carbons (Fsp3) is 0.679. The number of alkyl carbamates (subject to hydrolysis) is 1. The lowest BCUT2D eigenvalue weighted by atomic mass is 9.99. The van der Waals surface area contributed by atoms with Crippen LogP contribution in [0.15, 0.2) is 30.3 Å². The van der Waals surface area contributed by atoms with Gasteiger partial charge in [0.1, 0.15) is 36.6 Å². The number of benzene rings is 1. The lowest BCUT2D eigenvalue weighted by Gasteiger charge is -2.40. The number of amides is 1. The second-order valence-corrected chi connectivity index (χ2v) is 9.94. The minimum absolute atomic E-state index is 0.127. The Morgan fingerprint density at radius 2 is 1.71 bits per heavy atom. The van der Waals surface area contributed by atoms with Gasteiger partial charge < -0.3 is 54.5 Å². The first-order valence-corrected chi connectivity index (χ1v) is 14.0. The Bertz CT molecular complexity index is 947. The van der Waals surface area contributed by atoms with Gasteiger partial charge in [0.2, 0.25) is 6.79 Å². The van der Waals surface area contributed by atoms with Crippen LogP contribution in [0.1, 0.15) is 51.5 Å². The third-order valence-electron chi connectivity index (χ3n) is 6.71. The lowest BCUT2D eigenvalue weighted by molar-refractivity contribution is -0.303. The van der Waals surface area contributed by atoms with Gasteiger partial charge in [-0.2, -0.15) is 0 Å². The number of aliphatic hydroxyl groups excluding tert-OH is 5. The highest BCUT2D eigenvalue weighted by Crippen LogP contribution is 2.23. The number of ether oxygens (including phenoxy) is 5. The third kappa shape index (κ3) is 11.8. The van der Waals surface area contributed by atoms with Crippen LogP contribution >= 0.6 is 0 Å². The monoisotopic (exact) mass is 601 g/mol. The molecule has 2 unspecified atom stereocenters. The minimum Gasteiger partial charge on any atom is -0.460 e. The van der Waals surface area contributed by atoms with Crippen molar-refractivity contribution >= 4 is 18.0 Å². The largest absolute Gasteiger partial charge is 0.460 e. The smallest absolute Gasteiger partial charge is 0.410 e. The van der Waals surface area contributed by atoms with E-state index in [0.717, 1.165) is 26.2 Å². The van der Waals surface area contributed by atoms with E-state index in [1.54, 1.807) is 6.92 Å². The fourth-order valence-electron chi connectivity index (χ4n) is 4.29. The maximum atomic E-state index is 12.5. The summed E-state index contributed by atoms with van der Waals surface area (Å²) in [5.74, 6) is -1.23. The molecule has 0 aromatic heterocycles. The number of carbonyl (C=O) groups is 3. The number of esters is 2. The second kappa shape index (κ2) is 18.6. The summed E-state index contributed by atoms with van der Waals surface area (Å²) >= 11 is 0. The van der Waals surface area contributed by atoms with Crippen molar-refractivity contribution in [1.29, 1.82) is 0 Å². The Hall–Kier alpha value is -2.85. The molecule has 0 saturated carbocycles. The molecule has 0 bridgehead atoms. The molecule has 1 heterocycles. The third-order valence-corrected chi connectivity index (χ3v) is 6.71. The Morgan fingerprint density at radius 1 is 1.00 bits per heavy atom. The van der Waals surface area contributed by atoms with Crippen molar-refractivity contribution in [3.63, 3.8) is 0 Å². The van der Waals surface area contributed by atoms with Gasteiger partial charge in [0, 0.05) is 13.3 Å². The van der Waals surface area contributed by atoms with E-state index in [1.807, 2.05) is 30.3 Å². The summed E-state index contributed by atoms with van der Waals surface area (Å²) in [6.07, 6.45) is -8.05. The summed E-state index contributed by atoms with van der Waals surface area (Å²) in [5.41, 5.74) is 1.21. The van der Waals surface area contributed by atoms with Crippen LogP contribution in [0.5, 0.6) is 0 Å².